The van der Waals surface area contributed by atoms with Gasteiger partial charge in [-0.2, -0.15) is 0 Å². The van der Waals surface area contributed by atoms with Crippen molar-refractivity contribution >= 4 is 5.97 Å². The number of aliphatic carboxylic acids is 1. The minimum absolute atomic E-state index is 0.197. The van der Waals surface area contributed by atoms with E-state index in [9.17, 15) is 4.79 Å². The van der Waals surface area contributed by atoms with Crippen molar-refractivity contribution in [3.63, 3.8) is 0 Å². The number of carboxylic acids is 1. The van der Waals surface area contributed by atoms with Crippen LogP contribution in [0.15, 0.2) is 0 Å². The summed E-state index contributed by atoms with van der Waals surface area (Å²) in [6, 6.07) is -0.197. The van der Waals surface area contributed by atoms with Gasteiger partial charge < -0.3 is 10.8 Å². The highest BCUT2D eigenvalue weighted by Gasteiger charge is 2.25. The zero-order valence-corrected chi connectivity index (χ0v) is 9.78. The smallest absolute Gasteiger partial charge is 0.307 e. The molecular formula is C12H23NO2. The average Bonchev–Trinajstić information content (AvgIpc) is 2.09. The molecule has 1 aliphatic rings. The van der Waals surface area contributed by atoms with Crippen LogP contribution in [0, 0.1) is 17.8 Å². The molecule has 0 bridgehead atoms. The Labute approximate surface area is 92.0 Å². The third-order valence-corrected chi connectivity index (χ3v) is 3.67. The molecule has 0 saturated heterocycles. The van der Waals surface area contributed by atoms with E-state index in [-0.39, 0.29) is 6.04 Å². The van der Waals surface area contributed by atoms with Crippen molar-refractivity contribution in [1.82, 2.24) is 0 Å². The highest BCUT2D eigenvalue weighted by molar-refractivity contribution is 5.70. The summed E-state index contributed by atoms with van der Waals surface area (Å²) in [7, 11) is 0. The summed E-state index contributed by atoms with van der Waals surface area (Å²) < 4.78 is 0. The number of hydrogen-bond donors (Lipinski definition) is 2. The van der Waals surface area contributed by atoms with E-state index in [0.717, 1.165) is 12.3 Å². The minimum atomic E-state index is -0.779. The van der Waals surface area contributed by atoms with Crippen LogP contribution >= 0.6 is 0 Å². The molecule has 3 N–H and O–H groups in total. The number of carbonyl (C=O) groups is 1. The van der Waals surface area contributed by atoms with Gasteiger partial charge in [0.15, 0.2) is 0 Å². The Morgan fingerprint density at radius 1 is 1.47 bits per heavy atom. The third kappa shape index (κ3) is 3.82. The zero-order valence-electron chi connectivity index (χ0n) is 9.78. The lowest BCUT2D eigenvalue weighted by molar-refractivity contribution is -0.141. The lowest BCUT2D eigenvalue weighted by Gasteiger charge is -2.29. The van der Waals surface area contributed by atoms with Gasteiger partial charge in [-0.3, -0.25) is 4.79 Å². The molecule has 1 fully saturated rings. The van der Waals surface area contributed by atoms with Gasteiger partial charge in [-0.1, -0.05) is 33.1 Å². The lowest BCUT2D eigenvalue weighted by Crippen LogP contribution is -2.35. The fraction of sp³-hybridized carbons (Fsp3) is 0.917. The number of rotatable bonds is 6. The molecule has 88 valence electrons. The summed E-state index contributed by atoms with van der Waals surface area (Å²) in [5.41, 5.74) is 5.87. The van der Waals surface area contributed by atoms with Crippen molar-refractivity contribution in [2.45, 2.75) is 52.0 Å². The monoisotopic (exact) mass is 213 g/mol. The van der Waals surface area contributed by atoms with Crippen LogP contribution in [0.3, 0.4) is 0 Å². The van der Waals surface area contributed by atoms with Crippen LogP contribution < -0.4 is 5.73 Å². The third-order valence-electron chi connectivity index (χ3n) is 3.67. The Bertz CT molecular complexity index is 214. The van der Waals surface area contributed by atoms with Crippen LogP contribution in [-0.4, -0.2) is 17.1 Å². The summed E-state index contributed by atoms with van der Waals surface area (Å²) in [6.45, 7) is 3.88. The maximum Gasteiger partial charge on any atom is 0.307 e. The molecule has 0 aromatic carbocycles. The molecule has 0 heterocycles. The van der Waals surface area contributed by atoms with Crippen molar-refractivity contribution in [2.24, 2.45) is 23.5 Å². The van der Waals surface area contributed by atoms with Crippen LogP contribution in [0.4, 0.5) is 0 Å². The summed E-state index contributed by atoms with van der Waals surface area (Å²) in [4.78, 5) is 10.7. The molecule has 0 spiro atoms. The first kappa shape index (κ1) is 12.5. The van der Waals surface area contributed by atoms with Crippen LogP contribution in [0.1, 0.15) is 46.0 Å². The summed E-state index contributed by atoms with van der Waals surface area (Å²) in [6.07, 6.45) is 6.14. The Morgan fingerprint density at radius 2 is 2.07 bits per heavy atom. The first-order valence-corrected chi connectivity index (χ1v) is 5.99. The maximum atomic E-state index is 10.7. The second-order valence-electron chi connectivity index (χ2n) is 5.16. The SMILES string of the molecule is CC(C(=O)O)[C@@H](N)C[C@H](C)CC1CCC1. The second-order valence-corrected chi connectivity index (χ2v) is 5.16. The highest BCUT2D eigenvalue weighted by Crippen LogP contribution is 2.33. The van der Waals surface area contributed by atoms with Gasteiger partial charge in [0.2, 0.25) is 0 Å². The van der Waals surface area contributed by atoms with Gasteiger partial charge in [0, 0.05) is 6.04 Å². The van der Waals surface area contributed by atoms with Crippen molar-refractivity contribution in [3.05, 3.63) is 0 Å². The first-order chi connectivity index (χ1) is 7.00. The molecule has 1 unspecified atom stereocenters. The van der Waals surface area contributed by atoms with E-state index in [0.29, 0.717) is 5.92 Å². The van der Waals surface area contributed by atoms with Crippen LogP contribution in [-0.2, 0) is 4.79 Å². The Kier molecular flexibility index (Phi) is 4.58. The summed E-state index contributed by atoms with van der Waals surface area (Å²) in [5.74, 6) is 0.242. The second kappa shape index (κ2) is 5.50. The van der Waals surface area contributed by atoms with Gasteiger partial charge in [0.05, 0.1) is 5.92 Å². The summed E-state index contributed by atoms with van der Waals surface area (Å²) in [5, 5.41) is 8.82. The molecule has 0 aromatic heterocycles. The molecule has 3 heteroatoms. The molecule has 15 heavy (non-hydrogen) atoms. The highest BCUT2D eigenvalue weighted by atomic mass is 16.4. The minimum Gasteiger partial charge on any atom is -0.481 e. The predicted octanol–water partition coefficient (Wildman–Crippen LogP) is 2.25. The molecule has 3 nitrogen and oxygen atoms in total. The fourth-order valence-electron chi connectivity index (χ4n) is 2.25. The molecule has 1 saturated carbocycles. The first-order valence-electron chi connectivity index (χ1n) is 5.99. The van der Waals surface area contributed by atoms with Crippen LogP contribution in [0.5, 0.6) is 0 Å². The Morgan fingerprint density at radius 3 is 2.47 bits per heavy atom. The van der Waals surface area contributed by atoms with Crippen molar-refractivity contribution in [3.8, 4) is 0 Å². The zero-order chi connectivity index (χ0) is 11.4. The molecule has 0 amide bonds. The number of hydrogen-bond acceptors (Lipinski definition) is 2. The van der Waals surface area contributed by atoms with Gasteiger partial charge in [-0.15, -0.1) is 0 Å². The lowest BCUT2D eigenvalue weighted by atomic mass is 9.77. The van der Waals surface area contributed by atoms with E-state index < -0.39 is 11.9 Å². The molecule has 0 aliphatic heterocycles. The average molecular weight is 213 g/mol. The van der Waals surface area contributed by atoms with E-state index >= 15 is 0 Å². The van der Waals surface area contributed by atoms with Crippen LogP contribution in [0.2, 0.25) is 0 Å². The Hall–Kier alpha value is -0.570. The van der Waals surface area contributed by atoms with Crippen molar-refractivity contribution < 1.29 is 9.90 Å². The molecule has 1 aliphatic carbocycles. The summed E-state index contributed by atoms with van der Waals surface area (Å²) >= 11 is 0. The largest absolute Gasteiger partial charge is 0.481 e. The van der Waals surface area contributed by atoms with Gasteiger partial charge in [-0.25, -0.2) is 0 Å². The Balaban J connectivity index is 2.23. The number of nitrogens with two attached hydrogens (primary N) is 1. The molecule has 1 rings (SSSR count). The van der Waals surface area contributed by atoms with E-state index in [1.165, 1.54) is 25.7 Å². The van der Waals surface area contributed by atoms with Gasteiger partial charge in [0.25, 0.3) is 0 Å². The van der Waals surface area contributed by atoms with E-state index in [2.05, 4.69) is 6.92 Å². The van der Waals surface area contributed by atoms with Gasteiger partial charge >= 0.3 is 5.97 Å². The molecule has 3 atom stereocenters. The van der Waals surface area contributed by atoms with E-state index in [4.69, 9.17) is 10.8 Å². The molecule has 0 aromatic rings. The molecular weight excluding hydrogens is 190 g/mol. The van der Waals surface area contributed by atoms with Gasteiger partial charge in [0.1, 0.15) is 0 Å². The van der Waals surface area contributed by atoms with E-state index in [1.54, 1.807) is 6.92 Å². The van der Waals surface area contributed by atoms with Crippen molar-refractivity contribution in [1.29, 1.82) is 0 Å². The van der Waals surface area contributed by atoms with Crippen molar-refractivity contribution in [2.75, 3.05) is 0 Å². The quantitative estimate of drug-likeness (QED) is 0.711. The topological polar surface area (TPSA) is 63.3 Å². The molecule has 0 radical (unpaired) electrons. The normalized spacial score (nSPS) is 22.9. The number of carboxylic acid groups (broad SMARTS) is 1. The van der Waals surface area contributed by atoms with Crippen LogP contribution in [0.25, 0.3) is 0 Å². The fourth-order valence-corrected chi connectivity index (χ4v) is 2.25. The predicted molar refractivity (Wildman–Crippen MR) is 60.5 cm³/mol. The standard InChI is InChI=1S/C12H23NO2/c1-8(6-10-4-3-5-10)7-11(13)9(2)12(14)15/h8-11H,3-7,13H2,1-2H3,(H,14,15)/t8-,9?,11+/m1/s1. The van der Waals surface area contributed by atoms with Gasteiger partial charge in [-0.05, 0) is 24.7 Å². The maximum absolute atomic E-state index is 10.7. The van der Waals surface area contributed by atoms with E-state index in [1.807, 2.05) is 0 Å².